The van der Waals surface area contributed by atoms with Crippen LogP contribution in [0.1, 0.15) is 15.9 Å². The zero-order valence-corrected chi connectivity index (χ0v) is 10.9. The number of rotatable bonds is 4. The topological polar surface area (TPSA) is 97.5 Å². The molecule has 0 radical (unpaired) electrons. The van der Waals surface area contributed by atoms with E-state index < -0.39 is 32.4 Å². The molecule has 0 saturated carbocycles. The monoisotopic (exact) mass is 291 g/mol. The molecular formula is C13H9NO5S. The van der Waals surface area contributed by atoms with Crippen LogP contribution < -0.4 is 0 Å². The van der Waals surface area contributed by atoms with Crippen LogP contribution in [0.4, 0.5) is 5.69 Å². The summed E-state index contributed by atoms with van der Waals surface area (Å²) in [5, 5.41) is 10.9. The van der Waals surface area contributed by atoms with Crippen molar-refractivity contribution in [2.75, 3.05) is 0 Å². The Morgan fingerprint density at radius 1 is 1.10 bits per heavy atom. The first-order valence-electron chi connectivity index (χ1n) is 5.50. The molecule has 1 N–H and O–H groups in total. The number of benzene rings is 2. The van der Waals surface area contributed by atoms with Crippen LogP contribution >= 0.6 is 0 Å². The maximum Gasteiger partial charge on any atom is 0.288 e. The Labute approximate surface area is 116 Å². The van der Waals surface area contributed by atoms with Gasteiger partial charge in [0.2, 0.25) is 0 Å². The van der Waals surface area contributed by atoms with Crippen molar-refractivity contribution in [2.45, 2.75) is 4.90 Å². The lowest BCUT2D eigenvalue weighted by Gasteiger charge is -2.06. The molecule has 0 bridgehead atoms. The van der Waals surface area contributed by atoms with Gasteiger partial charge in [-0.15, -0.1) is 0 Å². The third-order valence-corrected chi connectivity index (χ3v) is 3.42. The Hall–Kier alpha value is -2.38. The van der Waals surface area contributed by atoms with Gasteiger partial charge < -0.3 is 4.55 Å². The summed E-state index contributed by atoms with van der Waals surface area (Å²) in [6.45, 7) is 0. The highest BCUT2D eigenvalue weighted by Crippen LogP contribution is 2.27. The van der Waals surface area contributed by atoms with E-state index in [1.807, 2.05) is 0 Å². The highest BCUT2D eigenvalue weighted by molar-refractivity contribution is 7.79. The molecule has 0 fully saturated rings. The van der Waals surface area contributed by atoms with E-state index in [9.17, 15) is 23.7 Å². The SMILES string of the molecule is O=C(c1ccccc1)c1cccc([N+](=O)[O-])c1S(=O)O. The Balaban J connectivity index is 2.63. The number of hydrogen-bond donors (Lipinski definition) is 1. The van der Waals surface area contributed by atoms with Gasteiger partial charge in [0.1, 0.15) is 0 Å². The minimum absolute atomic E-state index is 0.147. The van der Waals surface area contributed by atoms with E-state index in [-0.39, 0.29) is 5.56 Å². The molecule has 7 heteroatoms. The lowest BCUT2D eigenvalue weighted by Crippen LogP contribution is -2.09. The normalized spacial score (nSPS) is 11.8. The predicted molar refractivity (Wildman–Crippen MR) is 72.0 cm³/mol. The molecule has 0 aliphatic carbocycles. The second kappa shape index (κ2) is 5.72. The molecule has 102 valence electrons. The van der Waals surface area contributed by atoms with Gasteiger partial charge in [-0.05, 0) is 6.07 Å². The third kappa shape index (κ3) is 2.63. The summed E-state index contributed by atoms with van der Waals surface area (Å²) in [5.74, 6) is -0.535. The smallest absolute Gasteiger partial charge is 0.288 e. The molecule has 0 aromatic heterocycles. The molecule has 2 aromatic carbocycles. The van der Waals surface area contributed by atoms with Gasteiger partial charge in [-0.3, -0.25) is 14.9 Å². The van der Waals surface area contributed by atoms with E-state index in [0.29, 0.717) is 5.56 Å². The summed E-state index contributed by atoms with van der Waals surface area (Å²) >= 11 is -2.63. The Kier molecular flexibility index (Phi) is 4.02. The molecule has 1 atom stereocenters. The first kappa shape index (κ1) is 14.0. The van der Waals surface area contributed by atoms with Crippen LogP contribution in [0.3, 0.4) is 0 Å². The zero-order chi connectivity index (χ0) is 14.7. The summed E-state index contributed by atoms with van der Waals surface area (Å²) in [7, 11) is 0. The fraction of sp³-hybridized carbons (Fsp3) is 0. The van der Waals surface area contributed by atoms with Gasteiger partial charge in [-0.25, -0.2) is 4.21 Å². The van der Waals surface area contributed by atoms with Crippen molar-refractivity contribution < 1.29 is 18.5 Å². The van der Waals surface area contributed by atoms with Crippen molar-refractivity contribution in [3.8, 4) is 0 Å². The Morgan fingerprint density at radius 3 is 2.30 bits per heavy atom. The van der Waals surface area contributed by atoms with Gasteiger partial charge in [-0.2, -0.15) is 0 Å². The molecule has 20 heavy (non-hydrogen) atoms. The van der Waals surface area contributed by atoms with Gasteiger partial charge in [0.05, 0.1) is 4.92 Å². The Bertz CT molecular complexity index is 699. The van der Waals surface area contributed by atoms with Gasteiger partial charge >= 0.3 is 0 Å². The molecular weight excluding hydrogens is 282 g/mol. The standard InChI is InChI=1S/C13H9NO5S/c15-12(9-5-2-1-3-6-9)10-7-4-8-11(14(16)17)13(10)20(18)19/h1-8H,(H,18,19). The second-order valence-electron chi connectivity index (χ2n) is 3.86. The van der Waals surface area contributed by atoms with Gasteiger partial charge in [0, 0.05) is 17.2 Å². The number of hydrogen-bond acceptors (Lipinski definition) is 4. The lowest BCUT2D eigenvalue weighted by atomic mass is 10.0. The van der Waals surface area contributed by atoms with Crippen molar-refractivity contribution >= 4 is 22.6 Å². The third-order valence-electron chi connectivity index (χ3n) is 2.65. The number of ketones is 1. The van der Waals surface area contributed by atoms with Crippen molar-refractivity contribution in [1.82, 2.24) is 0 Å². The molecule has 0 aliphatic heterocycles. The van der Waals surface area contributed by atoms with E-state index in [0.717, 1.165) is 6.07 Å². The van der Waals surface area contributed by atoms with Crippen LogP contribution in [-0.2, 0) is 11.1 Å². The van der Waals surface area contributed by atoms with Crippen LogP contribution in [0.2, 0.25) is 0 Å². The molecule has 2 rings (SSSR count). The minimum atomic E-state index is -2.63. The number of carbonyl (C=O) groups excluding carboxylic acids is 1. The van der Waals surface area contributed by atoms with Crippen molar-refractivity contribution in [3.63, 3.8) is 0 Å². The molecule has 0 spiro atoms. The number of nitrogens with zero attached hydrogens (tertiary/aromatic N) is 1. The van der Waals surface area contributed by atoms with Gasteiger partial charge in [0.25, 0.3) is 5.69 Å². The molecule has 6 nitrogen and oxygen atoms in total. The highest BCUT2D eigenvalue weighted by Gasteiger charge is 2.26. The van der Waals surface area contributed by atoms with E-state index >= 15 is 0 Å². The van der Waals surface area contributed by atoms with E-state index in [4.69, 9.17) is 0 Å². The van der Waals surface area contributed by atoms with E-state index in [1.165, 1.54) is 24.3 Å². The minimum Gasteiger partial charge on any atom is -0.302 e. The average Bonchev–Trinajstić information content (AvgIpc) is 2.46. The highest BCUT2D eigenvalue weighted by atomic mass is 32.2. The van der Waals surface area contributed by atoms with E-state index in [2.05, 4.69) is 0 Å². The molecule has 2 aromatic rings. The van der Waals surface area contributed by atoms with Crippen LogP contribution in [0.5, 0.6) is 0 Å². The molecule has 0 heterocycles. The van der Waals surface area contributed by atoms with Gasteiger partial charge in [-0.1, -0.05) is 36.4 Å². The lowest BCUT2D eigenvalue weighted by molar-refractivity contribution is -0.387. The van der Waals surface area contributed by atoms with Crippen molar-refractivity contribution in [1.29, 1.82) is 0 Å². The molecule has 0 amide bonds. The predicted octanol–water partition coefficient (Wildman–Crippen LogP) is 2.41. The maximum absolute atomic E-state index is 12.3. The number of nitro benzene ring substituents is 1. The Morgan fingerprint density at radius 2 is 1.75 bits per heavy atom. The quantitative estimate of drug-likeness (QED) is 0.404. The number of nitro groups is 1. The zero-order valence-electron chi connectivity index (χ0n) is 10.1. The summed E-state index contributed by atoms with van der Waals surface area (Å²) < 4.78 is 20.6. The summed E-state index contributed by atoms with van der Waals surface area (Å²) in [6, 6.07) is 11.8. The second-order valence-corrected chi connectivity index (χ2v) is 4.76. The summed E-state index contributed by atoms with van der Waals surface area (Å²) in [6.07, 6.45) is 0. The van der Waals surface area contributed by atoms with Crippen LogP contribution in [0, 0.1) is 10.1 Å². The summed E-state index contributed by atoms with van der Waals surface area (Å²) in [5.41, 5.74) is -0.404. The molecule has 0 aliphatic rings. The first-order chi connectivity index (χ1) is 9.52. The van der Waals surface area contributed by atoms with Crippen LogP contribution in [0.15, 0.2) is 53.4 Å². The van der Waals surface area contributed by atoms with Crippen LogP contribution in [-0.4, -0.2) is 19.5 Å². The van der Waals surface area contributed by atoms with Crippen molar-refractivity contribution in [3.05, 3.63) is 69.8 Å². The first-order valence-corrected chi connectivity index (χ1v) is 6.61. The van der Waals surface area contributed by atoms with Gasteiger partial charge in [0.15, 0.2) is 21.8 Å². The molecule has 1 unspecified atom stereocenters. The van der Waals surface area contributed by atoms with E-state index in [1.54, 1.807) is 18.2 Å². The summed E-state index contributed by atoms with van der Waals surface area (Å²) in [4.78, 5) is 21.9. The largest absolute Gasteiger partial charge is 0.302 e. The maximum atomic E-state index is 12.3. The fourth-order valence-electron chi connectivity index (χ4n) is 1.78. The average molecular weight is 291 g/mol. The molecule has 0 saturated heterocycles. The fourth-order valence-corrected chi connectivity index (χ4v) is 2.45. The van der Waals surface area contributed by atoms with Crippen LogP contribution in [0.25, 0.3) is 0 Å². The van der Waals surface area contributed by atoms with Crippen molar-refractivity contribution in [2.24, 2.45) is 0 Å². The number of carbonyl (C=O) groups is 1.